The van der Waals surface area contributed by atoms with Gasteiger partial charge in [-0.25, -0.2) is 0 Å². The number of rotatable bonds is 5. The predicted octanol–water partition coefficient (Wildman–Crippen LogP) is 3.24. The Bertz CT molecular complexity index is 676. The Morgan fingerprint density at radius 2 is 1.84 bits per heavy atom. The van der Waals surface area contributed by atoms with Crippen LogP contribution in [0.4, 0.5) is 5.82 Å². The molecule has 2 fully saturated rings. The molecule has 3 heterocycles. The van der Waals surface area contributed by atoms with E-state index in [2.05, 4.69) is 19.9 Å². The molecular weight excluding hydrogens is 316 g/mol. The molecule has 4 rings (SSSR count). The maximum absolute atomic E-state index is 6.04. The first-order chi connectivity index (χ1) is 12.4. The molecule has 1 aliphatic carbocycles. The highest BCUT2D eigenvalue weighted by atomic mass is 16.5. The van der Waals surface area contributed by atoms with Crippen LogP contribution in [0.15, 0.2) is 36.9 Å². The average Bonchev–Trinajstić information content (AvgIpc) is 3.12. The van der Waals surface area contributed by atoms with Gasteiger partial charge in [-0.15, -0.1) is 0 Å². The van der Waals surface area contributed by atoms with Crippen molar-refractivity contribution in [3.8, 4) is 11.6 Å². The van der Waals surface area contributed by atoms with Crippen LogP contribution in [0, 0.1) is 0 Å². The third-order valence-corrected chi connectivity index (χ3v) is 4.85. The molecule has 0 spiro atoms. The summed E-state index contributed by atoms with van der Waals surface area (Å²) in [6, 6.07) is 3.83. The second-order valence-corrected chi connectivity index (χ2v) is 6.76. The van der Waals surface area contributed by atoms with Crippen molar-refractivity contribution in [2.24, 2.45) is 0 Å². The standard InChI is InChI=1S/C19H24N4O2/c1-2-5-15(6-3-1)25-19-13-21-12-18(22-19)23-10-8-17(14-23)24-16-7-4-9-20-11-16/h4,7,9,11-13,15,17H,1-3,5-6,8,10,14H2. The zero-order valence-electron chi connectivity index (χ0n) is 14.4. The molecule has 0 bridgehead atoms. The first-order valence-corrected chi connectivity index (χ1v) is 9.17. The summed E-state index contributed by atoms with van der Waals surface area (Å²) < 4.78 is 12.0. The lowest BCUT2D eigenvalue weighted by Gasteiger charge is -2.23. The zero-order chi connectivity index (χ0) is 16.9. The second-order valence-electron chi connectivity index (χ2n) is 6.76. The van der Waals surface area contributed by atoms with Gasteiger partial charge in [0.25, 0.3) is 0 Å². The van der Waals surface area contributed by atoms with Crippen molar-refractivity contribution in [2.45, 2.75) is 50.7 Å². The zero-order valence-corrected chi connectivity index (χ0v) is 14.4. The van der Waals surface area contributed by atoms with Gasteiger partial charge in [-0.1, -0.05) is 6.42 Å². The minimum atomic E-state index is 0.147. The van der Waals surface area contributed by atoms with Crippen molar-refractivity contribution in [3.05, 3.63) is 36.9 Å². The Kier molecular flexibility index (Phi) is 4.95. The van der Waals surface area contributed by atoms with E-state index in [1.807, 2.05) is 12.1 Å². The summed E-state index contributed by atoms with van der Waals surface area (Å²) in [6.45, 7) is 1.71. The van der Waals surface area contributed by atoms with E-state index in [1.165, 1.54) is 19.3 Å². The van der Waals surface area contributed by atoms with E-state index in [0.717, 1.165) is 43.9 Å². The molecule has 1 aliphatic heterocycles. The topological polar surface area (TPSA) is 60.4 Å². The third-order valence-electron chi connectivity index (χ3n) is 4.85. The van der Waals surface area contributed by atoms with Crippen LogP contribution < -0.4 is 14.4 Å². The SMILES string of the molecule is c1cncc(OC2CCN(c3cncc(OC4CCCCC4)n3)C2)c1. The predicted molar refractivity (Wildman–Crippen MR) is 95.0 cm³/mol. The van der Waals surface area contributed by atoms with Gasteiger partial charge >= 0.3 is 0 Å². The van der Waals surface area contributed by atoms with E-state index in [9.17, 15) is 0 Å². The first kappa shape index (κ1) is 16.1. The summed E-state index contributed by atoms with van der Waals surface area (Å²) in [5.41, 5.74) is 0. The molecule has 1 saturated carbocycles. The van der Waals surface area contributed by atoms with Crippen molar-refractivity contribution in [1.82, 2.24) is 15.0 Å². The Hall–Kier alpha value is -2.37. The minimum Gasteiger partial charge on any atom is -0.487 e. The Labute approximate surface area is 148 Å². The van der Waals surface area contributed by atoms with Crippen molar-refractivity contribution in [3.63, 3.8) is 0 Å². The summed E-state index contributed by atoms with van der Waals surface area (Å²) in [7, 11) is 0. The molecule has 1 unspecified atom stereocenters. The fourth-order valence-corrected chi connectivity index (χ4v) is 3.54. The highest BCUT2D eigenvalue weighted by molar-refractivity contribution is 5.39. The maximum Gasteiger partial charge on any atom is 0.234 e. The molecule has 6 heteroatoms. The lowest BCUT2D eigenvalue weighted by atomic mass is 9.98. The molecule has 0 N–H and O–H groups in total. The van der Waals surface area contributed by atoms with E-state index in [1.54, 1.807) is 24.8 Å². The lowest BCUT2D eigenvalue weighted by Crippen LogP contribution is -2.26. The normalized spacial score (nSPS) is 21.3. The summed E-state index contributed by atoms with van der Waals surface area (Å²) in [5, 5.41) is 0. The van der Waals surface area contributed by atoms with Gasteiger partial charge in [-0.05, 0) is 37.8 Å². The van der Waals surface area contributed by atoms with Crippen LogP contribution in [0.3, 0.4) is 0 Å². The minimum absolute atomic E-state index is 0.147. The first-order valence-electron chi connectivity index (χ1n) is 9.17. The molecule has 2 aromatic rings. The van der Waals surface area contributed by atoms with Crippen LogP contribution in [0.1, 0.15) is 38.5 Å². The van der Waals surface area contributed by atoms with Crippen LogP contribution in [0.2, 0.25) is 0 Å². The van der Waals surface area contributed by atoms with E-state index in [-0.39, 0.29) is 6.10 Å². The molecule has 6 nitrogen and oxygen atoms in total. The Balaban J connectivity index is 1.36. The summed E-state index contributed by atoms with van der Waals surface area (Å²) in [5.74, 6) is 2.32. The van der Waals surface area contributed by atoms with E-state index >= 15 is 0 Å². The molecule has 2 aliphatic rings. The van der Waals surface area contributed by atoms with Crippen LogP contribution >= 0.6 is 0 Å². The third kappa shape index (κ3) is 4.18. The van der Waals surface area contributed by atoms with Crippen LogP contribution in [-0.2, 0) is 0 Å². The van der Waals surface area contributed by atoms with Gasteiger partial charge < -0.3 is 14.4 Å². The van der Waals surface area contributed by atoms with Crippen LogP contribution in [0.25, 0.3) is 0 Å². The number of ether oxygens (including phenoxy) is 2. The molecule has 0 amide bonds. The average molecular weight is 340 g/mol. The quantitative estimate of drug-likeness (QED) is 0.833. The van der Waals surface area contributed by atoms with Crippen molar-refractivity contribution in [1.29, 1.82) is 0 Å². The highest BCUT2D eigenvalue weighted by Crippen LogP contribution is 2.25. The van der Waals surface area contributed by atoms with Gasteiger partial charge in [-0.3, -0.25) is 9.97 Å². The van der Waals surface area contributed by atoms with Gasteiger partial charge in [0.2, 0.25) is 5.88 Å². The monoisotopic (exact) mass is 340 g/mol. The lowest BCUT2D eigenvalue weighted by molar-refractivity contribution is 0.148. The molecule has 0 aromatic carbocycles. The van der Waals surface area contributed by atoms with E-state index < -0.39 is 0 Å². The molecule has 25 heavy (non-hydrogen) atoms. The number of aromatic nitrogens is 3. The van der Waals surface area contributed by atoms with Gasteiger partial charge in [0.05, 0.1) is 25.1 Å². The second kappa shape index (κ2) is 7.68. The number of nitrogens with zero attached hydrogens (tertiary/aromatic N) is 4. The number of anilines is 1. The Morgan fingerprint density at radius 3 is 2.68 bits per heavy atom. The Morgan fingerprint density at radius 1 is 0.920 bits per heavy atom. The molecular formula is C19H24N4O2. The molecule has 132 valence electrons. The fraction of sp³-hybridized carbons (Fsp3) is 0.526. The number of hydrogen-bond acceptors (Lipinski definition) is 6. The van der Waals surface area contributed by atoms with Crippen molar-refractivity contribution < 1.29 is 9.47 Å². The summed E-state index contributed by atoms with van der Waals surface area (Å²) >= 11 is 0. The summed E-state index contributed by atoms with van der Waals surface area (Å²) in [4.78, 5) is 15.3. The van der Waals surface area contributed by atoms with Gasteiger partial charge in [0, 0.05) is 19.2 Å². The van der Waals surface area contributed by atoms with Crippen molar-refractivity contribution >= 4 is 5.82 Å². The van der Waals surface area contributed by atoms with Gasteiger partial charge in [-0.2, -0.15) is 4.98 Å². The van der Waals surface area contributed by atoms with Gasteiger partial charge in [0.15, 0.2) is 5.82 Å². The van der Waals surface area contributed by atoms with Crippen molar-refractivity contribution in [2.75, 3.05) is 18.0 Å². The maximum atomic E-state index is 6.04. The van der Waals surface area contributed by atoms with Crippen LogP contribution in [0.5, 0.6) is 11.6 Å². The number of hydrogen-bond donors (Lipinski definition) is 0. The molecule has 2 aromatic heterocycles. The smallest absolute Gasteiger partial charge is 0.234 e. The van der Waals surface area contributed by atoms with Crippen LogP contribution in [-0.4, -0.2) is 40.2 Å². The van der Waals surface area contributed by atoms with E-state index in [0.29, 0.717) is 12.0 Å². The summed E-state index contributed by atoms with van der Waals surface area (Å²) in [6.07, 6.45) is 14.5. The highest BCUT2D eigenvalue weighted by Gasteiger charge is 2.26. The molecule has 1 atom stereocenters. The van der Waals surface area contributed by atoms with E-state index in [4.69, 9.17) is 9.47 Å². The number of pyridine rings is 1. The molecule has 0 radical (unpaired) electrons. The largest absolute Gasteiger partial charge is 0.487 e. The van der Waals surface area contributed by atoms with Gasteiger partial charge in [0.1, 0.15) is 18.0 Å². The molecule has 1 saturated heterocycles. The fourth-order valence-electron chi connectivity index (χ4n) is 3.54.